The van der Waals surface area contributed by atoms with Crippen molar-refractivity contribution in [1.29, 1.82) is 0 Å². The number of anilines is 1. The van der Waals surface area contributed by atoms with Crippen LogP contribution in [0.15, 0.2) is 29.2 Å². The summed E-state index contributed by atoms with van der Waals surface area (Å²) >= 11 is 0. The summed E-state index contributed by atoms with van der Waals surface area (Å²) in [4.78, 5) is 12.1. The van der Waals surface area contributed by atoms with Crippen molar-refractivity contribution in [3.05, 3.63) is 24.3 Å². The molecule has 1 aromatic rings. The smallest absolute Gasteiger partial charge is 0.239 e. The molecule has 5 nitrogen and oxygen atoms in total. The maximum atomic E-state index is 12.6. The highest BCUT2D eigenvalue weighted by Crippen LogP contribution is 2.30. The van der Waals surface area contributed by atoms with Gasteiger partial charge in [0.05, 0.1) is 16.7 Å². The molecule has 0 bridgehead atoms. The van der Waals surface area contributed by atoms with E-state index in [9.17, 15) is 13.2 Å². The third kappa shape index (κ3) is 4.25. The van der Waals surface area contributed by atoms with Crippen molar-refractivity contribution < 1.29 is 13.2 Å². The molecule has 0 atom stereocenters. The molecule has 2 aliphatic carbocycles. The average molecular weight is 336 g/mol. The molecule has 0 aliphatic heterocycles. The molecule has 0 aromatic heterocycles. The van der Waals surface area contributed by atoms with Gasteiger partial charge in [0, 0.05) is 12.2 Å². The molecule has 23 heavy (non-hydrogen) atoms. The lowest BCUT2D eigenvalue weighted by Gasteiger charge is -2.13. The molecular formula is C17H24N2O3S. The normalized spacial score (nSPS) is 18.8. The van der Waals surface area contributed by atoms with Crippen LogP contribution in [0, 0.1) is 5.92 Å². The van der Waals surface area contributed by atoms with Crippen molar-refractivity contribution in [2.75, 3.05) is 18.4 Å². The second-order valence-electron chi connectivity index (χ2n) is 6.58. The molecular weight excluding hydrogens is 312 g/mol. The lowest BCUT2D eigenvalue weighted by molar-refractivity contribution is -0.119. The van der Waals surface area contributed by atoms with E-state index in [0.29, 0.717) is 16.5 Å². The van der Waals surface area contributed by atoms with Crippen LogP contribution in [0.5, 0.6) is 0 Å². The Morgan fingerprint density at radius 2 is 1.87 bits per heavy atom. The van der Waals surface area contributed by atoms with Crippen molar-refractivity contribution in [2.45, 2.75) is 48.7 Å². The van der Waals surface area contributed by atoms with Crippen LogP contribution in [0.1, 0.15) is 38.5 Å². The van der Waals surface area contributed by atoms with Crippen LogP contribution in [0.25, 0.3) is 0 Å². The highest BCUT2D eigenvalue weighted by atomic mass is 32.2. The summed E-state index contributed by atoms with van der Waals surface area (Å²) in [7, 11) is -3.25. The van der Waals surface area contributed by atoms with Gasteiger partial charge in [-0.05, 0) is 49.8 Å². The number of nitrogens with one attached hydrogen (secondary N) is 2. The standard InChI is InChI=1S/C17H24N2O3S/c20-17(19-11-13-8-9-13)12-18-14-4-3-7-16(10-14)23(21,22)15-5-1-2-6-15/h3-4,7,10,13,15,18H,1-2,5-6,8-9,11-12H2,(H,19,20). The summed E-state index contributed by atoms with van der Waals surface area (Å²) in [6.45, 7) is 0.913. The third-order valence-corrected chi connectivity index (χ3v) is 6.90. The molecule has 0 heterocycles. The Kier molecular flexibility index (Phi) is 4.90. The van der Waals surface area contributed by atoms with E-state index in [0.717, 1.165) is 32.2 Å². The van der Waals surface area contributed by atoms with E-state index >= 15 is 0 Å². The zero-order chi connectivity index (χ0) is 16.3. The van der Waals surface area contributed by atoms with Crippen LogP contribution < -0.4 is 10.6 Å². The van der Waals surface area contributed by atoms with Gasteiger partial charge in [-0.1, -0.05) is 18.9 Å². The Morgan fingerprint density at radius 3 is 2.57 bits per heavy atom. The third-order valence-electron chi connectivity index (χ3n) is 4.64. The molecule has 2 saturated carbocycles. The van der Waals surface area contributed by atoms with E-state index in [2.05, 4.69) is 10.6 Å². The quantitative estimate of drug-likeness (QED) is 0.801. The molecule has 0 radical (unpaired) electrons. The van der Waals surface area contributed by atoms with E-state index in [1.54, 1.807) is 24.3 Å². The molecule has 6 heteroatoms. The van der Waals surface area contributed by atoms with Crippen molar-refractivity contribution in [2.24, 2.45) is 5.92 Å². The second kappa shape index (κ2) is 6.91. The van der Waals surface area contributed by atoms with Crippen molar-refractivity contribution in [3.8, 4) is 0 Å². The number of rotatable bonds is 7. The lowest BCUT2D eigenvalue weighted by Crippen LogP contribution is -2.31. The Balaban J connectivity index is 1.59. The van der Waals surface area contributed by atoms with Gasteiger partial charge in [0.1, 0.15) is 0 Å². The molecule has 2 fully saturated rings. The zero-order valence-corrected chi connectivity index (χ0v) is 14.1. The summed E-state index contributed by atoms with van der Waals surface area (Å²) < 4.78 is 25.2. The Labute approximate surface area is 137 Å². The zero-order valence-electron chi connectivity index (χ0n) is 13.3. The molecule has 2 N–H and O–H groups in total. The first-order chi connectivity index (χ1) is 11.1. The van der Waals surface area contributed by atoms with Gasteiger partial charge < -0.3 is 10.6 Å². The monoisotopic (exact) mass is 336 g/mol. The predicted molar refractivity (Wildman–Crippen MR) is 90.1 cm³/mol. The first-order valence-electron chi connectivity index (χ1n) is 8.40. The number of sulfone groups is 1. The minimum Gasteiger partial charge on any atom is -0.376 e. The summed E-state index contributed by atoms with van der Waals surface area (Å²) in [5, 5.41) is 5.65. The van der Waals surface area contributed by atoms with E-state index in [1.807, 2.05) is 0 Å². The Bertz CT molecular complexity index is 662. The molecule has 0 saturated heterocycles. The SMILES string of the molecule is O=C(CNc1cccc(S(=O)(=O)C2CCCC2)c1)NCC1CC1. The summed E-state index contributed by atoms with van der Waals surface area (Å²) in [6, 6.07) is 6.81. The fourth-order valence-electron chi connectivity index (χ4n) is 3.00. The molecule has 0 spiro atoms. The first kappa shape index (κ1) is 16.3. The Hall–Kier alpha value is -1.56. The number of carbonyl (C=O) groups excluding carboxylic acids is 1. The molecule has 0 unspecified atom stereocenters. The minimum atomic E-state index is -3.25. The molecule has 2 aliphatic rings. The second-order valence-corrected chi connectivity index (χ2v) is 8.81. The largest absolute Gasteiger partial charge is 0.376 e. The number of hydrogen-bond donors (Lipinski definition) is 2. The lowest BCUT2D eigenvalue weighted by atomic mass is 10.3. The van der Waals surface area contributed by atoms with Crippen molar-refractivity contribution >= 4 is 21.4 Å². The van der Waals surface area contributed by atoms with Crippen LogP contribution in [0.3, 0.4) is 0 Å². The van der Waals surface area contributed by atoms with Gasteiger partial charge in [-0.3, -0.25) is 4.79 Å². The van der Waals surface area contributed by atoms with Gasteiger partial charge in [-0.15, -0.1) is 0 Å². The first-order valence-corrected chi connectivity index (χ1v) is 9.95. The van der Waals surface area contributed by atoms with Crippen LogP contribution in [-0.2, 0) is 14.6 Å². The number of benzene rings is 1. The predicted octanol–water partition coefficient (Wildman–Crippen LogP) is 2.34. The van der Waals surface area contributed by atoms with Crippen LogP contribution in [0.2, 0.25) is 0 Å². The van der Waals surface area contributed by atoms with E-state index in [1.165, 1.54) is 12.8 Å². The van der Waals surface area contributed by atoms with Gasteiger partial charge in [0.25, 0.3) is 0 Å². The average Bonchev–Trinajstić information content (AvgIpc) is 3.21. The van der Waals surface area contributed by atoms with E-state index < -0.39 is 9.84 Å². The summed E-state index contributed by atoms with van der Waals surface area (Å²) in [5.74, 6) is 0.597. The molecule has 1 amide bonds. The number of amides is 1. The van der Waals surface area contributed by atoms with Gasteiger partial charge >= 0.3 is 0 Å². The summed E-state index contributed by atoms with van der Waals surface area (Å²) in [5.41, 5.74) is 0.672. The van der Waals surface area contributed by atoms with Gasteiger partial charge in [-0.25, -0.2) is 8.42 Å². The highest BCUT2D eigenvalue weighted by Gasteiger charge is 2.30. The van der Waals surface area contributed by atoms with Gasteiger partial charge in [0.2, 0.25) is 5.91 Å². The Morgan fingerprint density at radius 1 is 1.13 bits per heavy atom. The van der Waals surface area contributed by atoms with Gasteiger partial charge in [0.15, 0.2) is 9.84 Å². The van der Waals surface area contributed by atoms with Crippen molar-refractivity contribution in [1.82, 2.24) is 5.32 Å². The fourth-order valence-corrected chi connectivity index (χ4v) is 4.90. The maximum Gasteiger partial charge on any atom is 0.239 e. The van der Waals surface area contributed by atoms with Crippen LogP contribution in [-0.4, -0.2) is 32.7 Å². The minimum absolute atomic E-state index is 0.0547. The molecule has 126 valence electrons. The van der Waals surface area contributed by atoms with Crippen molar-refractivity contribution in [3.63, 3.8) is 0 Å². The molecule has 3 rings (SSSR count). The topological polar surface area (TPSA) is 75.3 Å². The number of carbonyl (C=O) groups is 1. The number of hydrogen-bond acceptors (Lipinski definition) is 4. The van der Waals surface area contributed by atoms with E-state index in [-0.39, 0.29) is 17.7 Å². The van der Waals surface area contributed by atoms with E-state index in [4.69, 9.17) is 0 Å². The van der Waals surface area contributed by atoms with Crippen LogP contribution >= 0.6 is 0 Å². The maximum absolute atomic E-state index is 12.6. The highest BCUT2D eigenvalue weighted by molar-refractivity contribution is 7.92. The van der Waals surface area contributed by atoms with Gasteiger partial charge in [-0.2, -0.15) is 0 Å². The van der Waals surface area contributed by atoms with Crippen LogP contribution in [0.4, 0.5) is 5.69 Å². The molecule has 1 aromatic carbocycles. The summed E-state index contributed by atoms with van der Waals surface area (Å²) in [6.07, 6.45) is 5.89. The fraction of sp³-hybridized carbons (Fsp3) is 0.588.